The highest BCUT2D eigenvalue weighted by atomic mass is 16.3. The van der Waals surface area contributed by atoms with Crippen LogP contribution < -0.4 is 5.32 Å². The zero-order valence-electron chi connectivity index (χ0n) is 45.9. The molecule has 0 spiro atoms. The fourth-order valence-corrected chi connectivity index (χ4v) is 9.30. The van der Waals surface area contributed by atoms with E-state index >= 15 is 0 Å². The van der Waals surface area contributed by atoms with E-state index in [0.717, 1.165) is 44.9 Å². The van der Waals surface area contributed by atoms with Crippen molar-refractivity contribution in [2.24, 2.45) is 0 Å². The average molecular weight is 951 g/mol. The van der Waals surface area contributed by atoms with E-state index in [9.17, 15) is 15.0 Å². The van der Waals surface area contributed by atoms with Crippen molar-refractivity contribution in [3.8, 4) is 0 Å². The molecule has 398 valence electrons. The molecule has 0 aromatic rings. The van der Waals surface area contributed by atoms with Crippen molar-refractivity contribution in [3.05, 3.63) is 60.8 Å². The molecule has 4 heteroatoms. The molecule has 4 nitrogen and oxygen atoms in total. The molecule has 0 heterocycles. The number of carbonyl (C=O) groups is 1. The van der Waals surface area contributed by atoms with Crippen LogP contribution in [0.3, 0.4) is 0 Å². The Labute approximate surface area is 426 Å². The summed E-state index contributed by atoms with van der Waals surface area (Å²) in [5, 5.41) is 23.1. The predicted molar refractivity (Wildman–Crippen MR) is 304 cm³/mol. The molecule has 0 saturated heterocycles. The van der Waals surface area contributed by atoms with Gasteiger partial charge in [0.2, 0.25) is 5.91 Å². The summed E-state index contributed by atoms with van der Waals surface area (Å²) in [5.41, 5.74) is 0. The Morgan fingerprint density at radius 2 is 0.618 bits per heavy atom. The van der Waals surface area contributed by atoms with E-state index in [-0.39, 0.29) is 12.5 Å². The highest BCUT2D eigenvalue weighted by Crippen LogP contribution is 2.17. The van der Waals surface area contributed by atoms with Crippen molar-refractivity contribution >= 4 is 5.91 Å². The van der Waals surface area contributed by atoms with Crippen LogP contribution in [0.2, 0.25) is 0 Å². The number of unbranched alkanes of at least 4 members (excludes halogenated alkanes) is 41. The van der Waals surface area contributed by atoms with E-state index in [1.165, 1.54) is 257 Å². The average Bonchev–Trinajstić information content (AvgIpc) is 3.34. The summed E-state index contributed by atoms with van der Waals surface area (Å²) in [7, 11) is 0. The zero-order chi connectivity index (χ0) is 49.2. The second kappa shape index (κ2) is 59.4. The summed E-state index contributed by atoms with van der Waals surface area (Å²) < 4.78 is 0. The van der Waals surface area contributed by atoms with Gasteiger partial charge >= 0.3 is 0 Å². The van der Waals surface area contributed by atoms with E-state index in [4.69, 9.17) is 0 Å². The minimum absolute atomic E-state index is 0.0734. The monoisotopic (exact) mass is 950 g/mol. The largest absolute Gasteiger partial charge is 0.394 e. The smallest absolute Gasteiger partial charge is 0.220 e. The maximum Gasteiger partial charge on any atom is 0.220 e. The standard InChI is InChI=1S/C64H119NO3/c1-3-5-7-9-11-13-15-17-19-21-23-24-25-26-27-28-29-30-31-32-33-34-35-36-37-38-39-40-42-44-46-48-50-52-54-56-58-60-64(68)65-62(61-66)63(67)59-57-55-53-51-49-47-45-43-41-22-20-18-16-14-12-10-8-6-4-2/h15,17,21,23,41,43,49,51,57,59,62-63,66-67H,3-14,16,18-20,22,24-40,42,44-48,50,52-56,58,60-61H2,1-2H3,(H,65,68)/b17-15-,23-21-,43-41+,51-49+,59-57+. The van der Waals surface area contributed by atoms with Crippen molar-refractivity contribution < 1.29 is 15.0 Å². The minimum Gasteiger partial charge on any atom is -0.394 e. The second-order valence-electron chi connectivity index (χ2n) is 20.7. The second-order valence-corrected chi connectivity index (χ2v) is 20.7. The molecule has 0 rings (SSSR count). The number of carbonyl (C=O) groups excluding carboxylic acids is 1. The Hall–Kier alpha value is -1.91. The molecule has 0 aromatic heterocycles. The molecule has 0 aliphatic heterocycles. The molecule has 0 saturated carbocycles. The highest BCUT2D eigenvalue weighted by Gasteiger charge is 2.18. The molecule has 2 atom stereocenters. The third-order valence-corrected chi connectivity index (χ3v) is 14.0. The van der Waals surface area contributed by atoms with Gasteiger partial charge in [0.15, 0.2) is 0 Å². The molecule has 0 fully saturated rings. The van der Waals surface area contributed by atoms with Crippen molar-refractivity contribution in [2.45, 2.75) is 334 Å². The Morgan fingerprint density at radius 1 is 0.353 bits per heavy atom. The first-order chi connectivity index (χ1) is 33.7. The lowest BCUT2D eigenvalue weighted by Gasteiger charge is -2.19. The summed E-state index contributed by atoms with van der Waals surface area (Å²) >= 11 is 0. The molecule has 0 radical (unpaired) electrons. The molecular formula is C64H119NO3. The van der Waals surface area contributed by atoms with Crippen molar-refractivity contribution in [2.75, 3.05) is 6.61 Å². The number of hydrogen-bond donors (Lipinski definition) is 3. The normalized spacial score (nSPS) is 13.2. The van der Waals surface area contributed by atoms with E-state index in [1.54, 1.807) is 6.08 Å². The van der Waals surface area contributed by atoms with Gasteiger partial charge in [-0.2, -0.15) is 0 Å². The van der Waals surface area contributed by atoms with Gasteiger partial charge in [-0.1, -0.05) is 299 Å². The van der Waals surface area contributed by atoms with Crippen LogP contribution in [0.15, 0.2) is 60.8 Å². The maximum absolute atomic E-state index is 12.5. The van der Waals surface area contributed by atoms with Gasteiger partial charge in [-0.25, -0.2) is 0 Å². The Bertz CT molecular complexity index is 1120. The van der Waals surface area contributed by atoms with E-state index in [0.29, 0.717) is 6.42 Å². The summed E-state index contributed by atoms with van der Waals surface area (Å²) in [6.07, 6.45) is 84.1. The topological polar surface area (TPSA) is 69.6 Å². The first kappa shape index (κ1) is 66.1. The van der Waals surface area contributed by atoms with Gasteiger partial charge in [0.25, 0.3) is 0 Å². The van der Waals surface area contributed by atoms with Crippen LogP contribution in [-0.2, 0) is 4.79 Å². The van der Waals surface area contributed by atoms with Crippen LogP contribution in [0.1, 0.15) is 322 Å². The van der Waals surface area contributed by atoms with Crippen LogP contribution in [-0.4, -0.2) is 34.9 Å². The molecular weight excluding hydrogens is 831 g/mol. The molecule has 0 aliphatic carbocycles. The summed E-state index contributed by atoms with van der Waals surface area (Å²) in [4.78, 5) is 12.5. The molecule has 1 amide bonds. The Balaban J connectivity index is 3.45. The van der Waals surface area contributed by atoms with E-state index < -0.39 is 12.1 Å². The lowest BCUT2D eigenvalue weighted by Crippen LogP contribution is -2.45. The van der Waals surface area contributed by atoms with E-state index in [2.05, 4.69) is 67.8 Å². The van der Waals surface area contributed by atoms with E-state index in [1.807, 2.05) is 6.08 Å². The van der Waals surface area contributed by atoms with Crippen LogP contribution in [0.5, 0.6) is 0 Å². The fourth-order valence-electron chi connectivity index (χ4n) is 9.30. The summed E-state index contributed by atoms with van der Waals surface area (Å²) in [6, 6.07) is -0.646. The third-order valence-electron chi connectivity index (χ3n) is 14.0. The van der Waals surface area contributed by atoms with Crippen LogP contribution >= 0.6 is 0 Å². The maximum atomic E-state index is 12.5. The molecule has 2 unspecified atom stereocenters. The number of allylic oxidation sites excluding steroid dienone is 9. The van der Waals surface area contributed by atoms with Gasteiger partial charge in [-0.05, 0) is 77.0 Å². The lowest BCUT2D eigenvalue weighted by molar-refractivity contribution is -0.123. The molecule has 0 bridgehead atoms. The first-order valence-corrected chi connectivity index (χ1v) is 30.5. The number of nitrogens with one attached hydrogen (secondary N) is 1. The van der Waals surface area contributed by atoms with Gasteiger partial charge in [-0.15, -0.1) is 0 Å². The van der Waals surface area contributed by atoms with Crippen LogP contribution in [0.25, 0.3) is 0 Å². The van der Waals surface area contributed by atoms with Crippen molar-refractivity contribution in [1.82, 2.24) is 5.32 Å². The van der Waals surface area contributed by atoms with Gasteiger partial charge in [0.1, 0.15) is 0 Å². The predicted octanol–water partition coefficient (Wildman–Crippen LogP) is 20.4. The van der Waals surface area contributed by atoms with Gasteiger partial charge < -0.3 is 15.5 Å². The zero-order valence-corrected chi connectivity index (χ0v) is 45.9. The van der Waals surface area contributed by atoms with Gasteiger partial charge in [0.05, 0.1) is 18.8 Å². The quantitative estimate of drug-likeness (QED) is 0.0420. The highest BCUT2D eigenvalue weighted by molar-refractivity contribution is 5.76. The van der Waals surface area contributed by atoms with Gasteiger partial charge in [-0.3, -0.25) is 4.79 Å². The molecule has 3 N–H and O–H groups in total. The SMILES string of the molecule is CCCCCCC/C=C\C/C=C\CCCCCCCCCCCCCCCCCCCCCCCCCCCC(=O)NC(CO)C(O)/C=C/CC/C=C/CC/C=C/CCCCCCCCCCC. The minimum atomic E-state index is -0.871. The number of aliphatic hydroxyl groups is 2. The number of rotatable bonds is 56. The summed E-state index contributed by atoms with van der Waals surface area (Å²) in [5.74, 6) is -0.0734. The lowest BCUT2D eigenvalue weighted by atomic mass is 10.0. The van der Waals surface area contributed by atoms with Crippen molar-refractivity contribution in [3.63, 3.8) is 0 Å². The van der Waals surface area contributed by atoms with Gasteiger partial charge in [0, 0.05) is 6.42 Å². The summed E-state index contributed by atoms with van der Waals surface area (Å²) in [6.45, 7) is 4.30. The fraction of sp³-hybridized carbons (Fsp3) is 0.828. The molecule has 68 heavy (non-hydrogen) atoms. The van der Waals surface area contributed by atoms with Crippen LogP contribution in [0.4, 0.5) is 0 Å². The third kappa shape index (κ3) is 55.0. The molecule has 0 aromatic carbocycles. The number of aliphatic hydroxyl groups excluding tert-OH is 2. The number of hydrogen-bond acceptors (Lipinski definition) is 3. The van der Waals surface area contributed by atoms with Crippen molar-refractivity contribution in [1.29, 1.82) is 0 Å². The number of amides is 1. The van der Waals surface area contributed by atoms with Crippen LogP contribution in [0, 0.1) is 0 Å². The molecule has 0 aliphatic rings. The first-order valence-electron chi connectivity index (χ1n) is 30.5. The Morgan fingerprint density at radius 3 is 0.941 bits per heavy atom. The Kier molecular flexibility index (Phi) is 57.7.